The average Bonchev–Trinajstić information content (AvgIpc) is 3.04. The maximum absolute atomic E-state index is 12.4. The first kappa shape index (κ1) is 17.0. The third kappa shape index (κ3) is 3.99. The van der Waals surface area contributed by atoms with Crippen LogP contribution in [0.4, 0.5) is 0 Å². The van der Waals surface area contributed by atoms with Crippen molar-refractivity contribution in [1.29, 1.82) is 0 Å². The number of carbonyl (C=O) groups excluding carboxylic acids is 1. The van der Waals surface area contributed by atoms with E-state index in [0.29, 0.717) is 5.75 Å². The maximum atomic E-state index is 12.4. The summed E-state index contributed by atoms with van der Waals surface area (Å²) in [6, 6.07) is 14.0. The fourth-order valence-corrected chi connectivity index (χ4v) is 3.31. The second-order valence-electron chi connectivity index (χ2n) is 6.33. The molecule has 24 heavy (non-hydrogen) atoms. The smallest absolute Gasteiger partial charge is 0.261 e. The Morgan fingerprint density at radius 2 is 1.79 bits per heavy atom. The molecule has 2 aromatic rings. The largest absolute Gasteiger partial charge is 0.481 e. The van der Waals surface area contributed by atoms with Crippen LogP contribution in [0, 0.1) is 0 Å². The number of carbonyl (C=O) groups is 1. The fourth-order valence-electron chi connectivity index (χ4n) is 3.05. The quantitative estimate of drug-likeness (QED) is 0.814. The molecule has 3 nitrogen and oxygen atoms in total. The highest BCUT2D eigenvalue weighted by Gasteiger charge is 2.19. The lowest BCUT2D eigenvalue weighted by Gasteiger charge is -2.19. The second kappa shape index (κ2) is 7.39. The van der Waals surface area contributed by atoms with E-state index in [1.807, 2.05) is 31.2 Å². The van der Waals surface area contributed by atoms with Crippen LogP contribution in [0.25, 0.3) is 0 Å². The van der Waals surface area contributed by atoms with Crippen molar-refractivity contribution in [3.8, 4) is 5.75 Å². The number of fused-ring (bicyclic) bond motifs is 1. The first-order valence-electron chi connectivity index (χ1n) is 8.37. The van der Waals surface area contributed by atoms with Gasteiger partial charge in [-0.2, -0.15) is 0 Å². The molecule has 126 valence electrons. The van der Waals surface area contributed by atoms with Crippen LogP contribution in [-0.4, -0.2) is 12.0 Å². The van der Waals surface area contributed by atoms with E-state index in [9.17, 15) is 4.79 Å². The lowest BCUT2D eigenvalue weighted by molar-refractivity contribution is -0.127. The first-order valence-corrected chi connectivity index (χ1v) is 9.16. The van der Waals surface area contributed by atoms with Gasteiger partial charge in [-0.25, -0.2) is 0 Å². The van der Waals surface area contributed by atoms with Gasteiger partial charge in [0.1, 0.15) is 5.75 Å². The van der Waals surface area contributed by atoms with Crippen molar-refractivity contribution in [1.82, 2.24) is 5.32 Å². The van der Waals surface area contributed by atoms with Gasteiger partial charge in [0.15, 0.2) is 6.10 Å². The van der Waals surface area contributed by atoms with Crippen molar-refractivity contribution in [2.45, 2.75) is 45.3 Å². The molecule has 2 aromatic carbocycles. The molecule has 0 spiro atoms. The second-order valence-corrected chi connectivity index (χ2v) is 7.24. The lowest BCUT2D eigenvalue weighted by atomic mass is 10.0. The fraction of sp³-hybridized carbons (Fsp3) is 0.350. The monoisotopic (exact) mass is 387 g/mol. The van der Waals surface area contributed by atoms with Crippen LogP contribution in [0.5, 0.6) is 5.75 Å². The molecule has 1 aliphatic rings. The van der Waals surface area contributed by atoms with E-state index >= 15 is 0 Å². The zero-order chi connectivity index (χ0) is 17.1. The van der Waals surface area contributed by atoms with E-state index in [0.717, 1.165) is 16.5 Å². The van der Waals surface area contributed by atoms with Crippen molar-refractivity contribution in [3.05, 3.63) is 63.6 Å². The van der Waals surface area contributed by atoms with Crippen molar-refractivity contribution in [2.75, 3.05) is 0 Å². The molecule has 2 unspecified atom stereocenters. The molecule has 0 heterocycles. The minimum Gasteiger partial charge on any atom is -0.481 e. The van der Waals surface area contributed by atoms with Crippen LogP contribution in [0.2, 0.25) is 0 Å². The molecule has 0 fully saturated rings. The summed E-state index contributed by atoms with van der Waals surface area (Å²) in [5, 5.41) is 3.05. The molecule has 0 saturated heterocycles. The zero-order valence-corrected chi connectivity index (χ0v) is 15.6. The Bertz CT molecular complexity index is 727. The molecular formula is C20H22BrNO2. The van der Waals surface area contributed by atoms with Crippen LogP contribution in [0.15, 0.2) is 46.9 Å². The van der Waals surface area contributed by atoms with Crippen molar-refractivity contribution in [3.63, 3.8) is 0 Å². The first-order chi connectivity index (χ1) is 11.5. The number of nitrogens with one attached hydrogen (secondary N) is 1. The number of amides is 1. The molecule has 0 aliphatic heterocycles. The Morgan fingerprint density at radius 3 is 2.54 bits per heavy atom. The highest BCUT2D eigenvalue weighted by molar-refractivity contribution is 9.10. The van der Waals surface area contributed by atoms with Crippen LogP contribution in [0.1, 0.15) is 43.0 Å². The summed E-state index contributed by atoms with van der Waals surface area (Å²) in [5.74, 6) is 0.581. The van der Waals surface area contributed by atoms with Gasteiger partial charge in [-0.15, -0.1) is 0 Å². The Kier molecular flexibility index (Phi) is 5.24. The van der Waals surface area contributed by atoms with Crippen molar-refractivity contribution >= 4 is 21.8 Å². The normalized spacial score (nSPS) is 15.5. The summed E-state index contributed by atoms with van der Waals surface area (Å²) < 4.78 is 6.69. The Labute approximate surface area is 151 Å². The van der Waals surface area contributed by atoms with E-state index in [1.54, 1.807) is 6.92 Å². The average molecular weight is 388 g/mol. The molecule has 0 aromatic heterocycles. The third-order valence-corrected chi connectivity index (χ3v) is 5.01. The van der Waals surface area contributed by atoms with E-state index in [4.69, 9.17) is 4.74 Å². The zero-order valence-electron chi connectivity index (χ0n) is 14.0. The standard InChI is InChI=1S/C20H22BrNO2/c1-13(16-7-6-15-4-3-5-17(15)12-16)22-20(23)14(2)24-19-10-8-18(21)9-11-19/h6-14H,3-5H2,1-2H3,(H,22,23). The van der Waals surface area contributed by atoms with Gasteiger partial charge >= 0.3 is 0 Å². The van der Waals surface area contributed by atoms with Gasteiger partial charge in [0.2, 0.25) is 0 Å². The topological polar surface area (TPSA) is 38.3 Å². The van der Waals surface area contributed by atoms with Crippen LogP contribution in [-0.2, 0) is 17.6 Å². The molecule has 2 atom stereocenters. The number of hydrogen-bond acceptors (Lipinski definition) is 2. The number of halogens is 1. The number of benzene rings is 2. The summed E-state index contributed by atoms with van der Waals surface area (Å²) in [6.45, 7) is 3.79. The third-order valence-electron chi connectivity index (χ3n) is 4.48. The van der Waals surface area contributed by atoms with Gasteiger partial charge < -0.3 is 10.1 Å². The summed E-state index contributed by atoms with van der Waals surface area (Å²) in [4.78, 5) is 12.4. The summed E-state index contributed by atoms with van der Waals surface area (Å²) in [5.41, 5.74) is 4.02. The van der Waals surface area contributed by atoms with Gasteiger partial charge in [-0.3, -0.25) is 4.79 Å². The van der Waals surface area contributed by atoms with Crippen LogP contribution >= 0.6 is 15.9 Å². The number of rotatable bonds is 5. The summed E-state index contributed by atoms with van der Waals surface area (Å²) >= 11 is 3.39. The van der Waals surface area contributed by atoms with Crippen molar-refractivity contribution in [2.24, 2.45) is 0 Å². The van der Waals surface area contributed by atoms with Crippen LogP contribution in [0.3, 0.4) is 0 Å². The predicted molar refractivity (Wildman–Crippen MR) is 99.3 cm³/mol. The molecular weight excluding hydrogens is 366 g/mol. The molecule has 0 radical (unpaired) electrons. The molecule has 0 saturated carbocycles. The highest BCUT2D eigenvalue weighted by Crippen LogP contribution is 2.25. The van der Waals surface area contributed by atoms with E-state index in [1.165, 1.54) is 24.0 Å². The Balaban J connectivity index is 1.60. The van der Waals surface area contributed by atoms with E-state index in [2.05, 4.69) is 39.4 Å². The minimum absolute atomic E-state index is 0.0284. The minimum atomic E-state index is -0.539. The predicted octanol–water partition coefficient (Wildman–Crippen LogP) is 4.58. The van der Waals surface area contributed by atoms with Gasteiger partial charge in [0.25, 0.3) is 5.91 Å². The molecule has 0 bridgehead atoms. The van der Waals surface area contributed by atoms with Gasteiger partial charge in [-0.05, 0) is 74.1 Å². The maximum Gasteiger partial charge on any atom is 0.261 e. The van der Waals surface area contributed by atoms with Crippen LogP contribution < -0.4 is 10.1 Å². The van der Waals surface area contributed by atoms with Gasteiger partial charge in [-0.1, -0.05) is 34.1 Å². The number of ether oxygens (including phenoxy) is 1. The Hall–Kier alpha value is -1.81. The number of aryl methyl sites for hydroxylation is 2. The SMILES string of the molecule is CC(Oc1ccc(Br)cc1)C(=O)NC(C)c1ccc2c(c1)CCC2. The summed E-state index contributed by atoms with van der Waals surface area (Å²) in [7, 11) is 0. The molecule has 1 aliphatic carbocycles. The van der Waals surface area contributed by atoms with Crippen molar-refractivity contribution < 1.29 is 9.53 Å². The lowest BCUT2D eigenvalue weighted by Crippen LogP contribution is -2.37. The molecule has 4 heteroatoms. The molecule has 1 N–H and O–H groups in total. The van der Waals surface area contributed by atoms with E-state index in [-0.39, 0.29) is 11.9 Å². The number of hydrogen-bond donors (Lipinski definition) is 1. The highest BCUT2D eigenvalue weighted by atomic mass is 79.9. The molecule has 3 rings (SSSR count). The summed E-state index contributed by atoms with van der Waals surface area (Å²) in [6.07, 6.45) is 3.02. The Morgan fingerprint density at radius 1 is 1.08 bits per heavy atom. The van der Waals surface area contributed by atoms with E-state index < -0.39 is 6.10 Å². The molecule has 1 amide bonds. The van der Waals surface area contributed by atoms with Gasteiger partial charge in [0.05, 0.1) is 6.04 Å². The van der Waals surface area contributed by atoms with Gasteiger partial charge in [0, 0.05) is 4.47 Å².